The van der Waals surface area contributed by atoms with Gasteiger partial charge >= 0.3 is 6.09 Å². The topological polar surface area (TPSA) is 38.8 Å². The van der Waals surface area contributed by atoms with E-state index in [-0.39, 0.29) is 18.0 Å². The summed E-state index contributed by atoms with van der Waals surface area (Å²) in [7, 11) is 0. The average Bonchev–Trinajstić information content (AvgIpc) is 2.59. The fourth-order valence-electron chi connectivity index (χ4n) is 2.98. The average molecular weight is 370 g/mol. The molecule has 1 aliphatic heterocycles. The summed E-state index contributed by atoms with van der Waals surface area (Å²) in [5, 5.41) is 0. The lowest BCUT2D eigenvalue weighted by atomic mass is 9.92. The maximum absolute atomic E-state index is 13.7. The van der Waals surface area contributed by atoms with Crippen LogP contribution in [0.2, 0.25) is 0 Å². The number of thioether (sulfide) groups is 1. The van der Waals surface area contributed by atoms with Gasteiger partial charge < -0.3 is 14.4 Å². The lowest BCUT2D eigenvalue weighted by Gasteiger charge is -2.31. The Morgan fingerprint density at radius 1 is 1.36 bits per heavy atom. The molecule has 0 atom stereocenters. The zero-order valence-corrected chi connectivity index (χ0v) is 16.1. The van der Waals surface area contributed by atoms with Gasteiger partial charge in [-0.15, -0.1) is 11.8 Å². The smallest absolute Gasteiger partial charge is 0.410 e. The molecule has 4 nitrogen and oxygen atoms in total. The van der Waals surface area contributed by atoms with Gasteiger partial charge in [-0.05, 0) is 63.8 Å². The second-order valence-electron chi connectivity index (χ2n) is 6.65. The monoisotopic (exact) mass is 369 g/mol. The molecule has 1 amide bonds. The maximum atomic E-state index is 13.7. The van der Waals surface area contributed by atoms with Crippen LogP contribution >= 0.6 is 11.8 Å². The number of hydrogen-bond donors (Lipinski definition) is 0. The van der Waals surface area contributed by atoms with Gasteiger partial charge in [0.2, 0.25) is 0 Å². The van der Waals surface area contributed by atoms with Crippen LogP contribution < -0.4 is 4.74 Å². The van der Waals surface area contributed by atoms with E-state index in [4.69, 9.17) is 9.47 Å². The highest BCUT2D eigenvalue weighted by molar-refractivity contribution is 7.98. The first-order valence-corrected chi connectivity index (χ1v) is 10.1. The lowest BCUT2D eigenvalue weighted by molar-refractivity contribution is 0.0643. The molecular formula is C19H28FNO3S. The third kappa shape index (κ3) is 6.42. The number of carbonyl (C=O) groups excluding carboxylic acids is 1. The van der Waals surface area contributed by atoms with Crippen LogP contribution in [0.3, 0.4) is 0 Å². The van der Waals surface area contributed by atoms with Crippen molar-refractivity contribution in [1.29, 1.82) is 0 Å². The molecule has 6 heteroatoms. The summed E-state index contributed by atoms with van der Waals surface area (Å²) in [4.78, 5) is 14.3. The standard InChI is InChI=1S/C19H28FNO3S/c1-14(2)24-19(22)21-10-8-15(9-11-21)5-4-12-23-16-6-7-18(25-3)17(20)13-16/h6-7,13-15H,4-5,8-12H2,1-3H3. The fraction of sp³-hybridized carbons (Fsp3) is 0.632. The quantitative estimate of drug-likeness (QED) is 0.503. The highest BCUT2D eigenvalue weighted by Crippen LogP contribution is 2.25. The third-order valence-electron chi connectivity index (χ3n) is 4.36. The van der Waals surface area contributed by atoms with Gasteiger partial charge in [0.15, 0.2) is 0 Å². The SMILES string of the molecule is CSc1ccc(OCCCC2CCN(C(=O)OC(C)C)CC2)cc1F. The Morgan fingerprint density at radius 3 is 2.68 bits per heavy atom. The van der Waals surface area contributed by atoms with Crippen LogP contribution in [0.5, 0.6) is 5.75 Å². The maximum Gasteiger partial charge on any atom is 0.410 e. The molecule has 0 aromatic heterocycles. The molecule has 0 unspecified atom stereocenters. The molecule has 2 rings (SSSR count). The summed E-state index contributed by atoms with van der Waals surface area (Å²) >= 11 is 1.39. The second-order valence-corrected chi connectivity index (χ2v) is 7.50. The van der Waals surface area contributed by atoms with Crippen molar-refractivity contribution in [3.63, 3.8) is 0 Å². The molecule has 25 heavy (non-hydrogen) atoms. The number of rotatable bonds is 7. The first-order chi connectivity index (χ1) is 12.0. The number of carbonyl (C=O) groups is 1. The number of ether oxygens (including phenoxy) is 2. The summed E-state index contributed by atoms with van der Waals surface area (Å²) in [5.74, 6) is 0.967. The summed E-state index contributed by atoms with van der Waals surface area (Å²) in [6.45, 7) is 5.85. The van der Waals surface area contributed by atoms with Gasteiger partial charge in [-0.25, -0.2) is 9.18 Å². The van der Waals surface area contributed by atoms with Crippen molar-refractivity contribution >= 4 is 17.9 Å². The molecule has 1 saturated heterocycles. The molecule has 140 valence electrons. The van der Waals surface area contributed by atoms with E-state index in [1.165, 1.54) is 17.8 Å². The zero-order chi connectivity index (χ0) is 18.2. The number of benzene rings is 1. The van der Waals surface area contributed by atoms with Crippen LogP contribution in [0.15, 0.2) is 23.1 Å². The van der Waals surface area contributed by atoms with Crippen molar-refractivity contribution in [3.05, 3.63) is 24.0 Å². The minimum Gasteiger partial charge on any atom is -0.493 e. The Hall–Kier alpha value is -1.43. The molecule has 1 fully saturated rings. The van der Waals surface area contributed by atoms with Gasteiger partial charge in [-0.1, -0.05) is 0 Å². The molecule has 0 radical (unpaired) electrons. The largest absolute Gasteiger partial charge is 0.493 e. The molecule has 1 heterocycles. The van der Waals surface area contributed by atoms with Gasteiger partial charge in [0, 0.05) is 24.1 Å². The number of amides is 1. The van der Waals surface area contributed by atoms with Crippen molar-refractivity contribution in [2.24, 2.45) is 5.92 Å². The van der Waals surface area contributed by atoms with E-state index in [1.54, 1.807) is 11.0 Å². The molecule has 0 saturated carbocycles. The second kappa shape index (κ2) is 9.90. The van der Waals surface area contributed by atoms with Crippen molar-refractivity contribution in [2.75, 3.05) is 26.0 Å². The van der Waals surface area contributed by atoms with E-state index in [0.29, 0.717) is 23.2 Å². The first-order valence-electron chi connectivity index (χ1n) is 8.91. The number of hydrogen-bond acceptors (Lipinski definition) is 4. The van der Waals surface area contributed by atoms with E-state index in [0.717, 1.165) is 38.8 Å². The predicted molar refractivity (Wildman–Crippen MR) is 98.8 cm³/mol. The van der Waals surface area contributed by atoms with E-state index >= 15 is 0 Å². The Labute approximate surface area is 154 Å². The highest BCUT2D eigenvalue weighted by atomic mass is 32.2. The number of halogens is 1. The Morgan fingerprint density at radius 2 is 2.08 bits per heavy atom. The predicted octanol–water partition coefficient (Wildman–Crippen LogP) is 4.96. The molecule has 1 aliphatic rings. The van der Waals surface area contributed by atoms with Crippen LogP contribution in [0.1, 0.15) is 39.5 Å². The number of likely N-dealkylation sites (tertiary alicyclic amines) is 1. The van der Waals surface area contributed by atoms with Gasteiger partial charge in [0.25, 0.3) is 0 Å². The van der Waals surface area contributed by atoms with E-state index in [9.17, 15) is 9.18 Å². The first kappa shape index (κ1) is 19.9. The Kier molecular flexibility index (Phi) is 7.88. The van der Waals surface area contributed by atoms with Crippen LogP contribution in [0.25, 0.3) is 0 Å². The normalized spacial score (nSPS) is 15.5. The minimum absolute atomic E-state index is 0.0720. The lowest BCUT2D eigenvalue weighted by Crippen LogP contribution is -2.39. The van der Waals surface area contributed by atoms with Gasteiger partial charge in [-0.3, -0.25) is 0 Å². The molecule has 1 aromatic rings. The van der Waals surface area contributed by atoms with E-state index in [1.807, 2.05) is 26.2 Å². The molecule has 0 bridgehead atoms. The summed E-state index contributed by atoms with van der Waals surface area (Å²) in [6.07, 6.45) is 5.59. The summed E-state index contributed by atoms with van der Waals surface area (Å²) in [5.41, 5.74) is 0. The van der Waals surface area contributed by atoms with E-state index in [2.05, 4.69) is 0 Å². The van der Waals surface area contributed by atoms with E-state index < -0.39 is 0 Å². The fourth-order valence-corrected chi connectivity index (χ4v) is 3.44. The van der Waals surface area contributed by atoms with Crippen LogP contribution in [-0.4, -0.2) is 43.0 Å². The van der Waals surface area contributed by atoms with Gasteiger partial charge in [0.05, 0.1) is 12.7 Å². The summed E-state index contributed by atoms with van der Waals surface area (Å²) in [6, 6.07) is 5.01. The van der Waals surface area contributed by atoms with Crippen molar-refractivity contribution in [2.45, 2.75) is 50.5 Å². The van der Waals surface area contributed by atoms with Crippen LogP contribution in [-0.2, 0) is 4.74 Å². The zero-order valence-electron chi connectivity index (χ0n) is 15.3. The van der Waals surface area contributed by atoms with Crippen molar-refractivity contribution in [3.8, 4) is 5.75 Å². The third-order valence-corrected chi connectivity index (χ3v) is 5.13. The van der Waals surface area contributed by atoms with Gasteiger partial charge in [-0.2, -0.15) is 0 Å². The summed E-state index contributed by atoms with van der Waals surface area (Å²) < 4.78 is 24.6. The molecule has 0 spiro atoms. The highest BCUT2D eigenvalue weighted by Gasteiger charge is 2.23. The molecule has 0 N–H and O–H groups in total. The van der Waals surface area contributed by atoms with Crippen molar-refractivity contribution in [1.82, 2.24) is 4.90 Å². The Bertz CT molecular complexity index is 560. The molecule has 1 aromatic carbocycles. The van der Waals surface area contributed by atoms with Crippen molar-refractivity contribution < 1.29 is 18.7 Å². The Balaban J connectivity index is 1.63. The van der Waals surface area contributed by atoms with Crippen LogP contribution in [0, 0.1) is 11.7 Å². The van der Waals surface area contributed by atoms with Gasteiger partial charge in [0.1, 0.15) is 11.6 Å². The molecule has 0 aliphatic carbocycles. The number of piperidine rings is 1. The molecular weight excluding hydrogens is 341 g/mol. The minimum atomic E-state index is -0.231. The number of nitrogens with zero attached hydrogens (tertiary/aromatic N) is 1. The van der Waals surface area contributed by atoms with Crippen LogP contribution in [0.4, 0.5) is 9.18 Å².